The first-order valence-corrected chi connectivity index (χ1v) is 6.63. The monoisotopic (exact) mass is 268 g/mol. The molecule has 0 aliphatic rings. The quantitative estimate of drug-likeness (QED) is 0.767. The van der Waals surface area contributed by atoms with Crippen molar-refractivity contribution in [3.05, 3.63) is 48.2 Å². The summed E-state index contributed by atoms with van der Waals surface area (Å²) >= 11 is 0. The van der Waals surface area contributed by atoms with E-state index in [1.165, 1.54) is 10.8 Å². The average Bonchev–Trinajstić information content (AvgIpc) is 2.97. The summed E-state index contributed by atoms with van der Waals surface area (Å²) in [4.78, 5) is 11.2. The van der Waals surface area contributed by atoms with E-state index >= 15 is 0 Å². The number of benzene rings is 2. The summed E-state index contributed by atoms with van der Waals surface area (Å²) in [6.07, 6.45) is 2.45. The van der Waals surface area contributed by atoms with Gasteiger partial charge in [-0.05, 0) is 34.9 Å². The number of urea groups is 1. The summed E-state index contributed by atoms with van der Waals surface area (Å²) in [7, 11) is 1.61. The van der Waals surface area contributed by atoms with Crippen molar-refractivity contribution in [2.45, 2.75) is 6.42 Å². The largest absolute Gasteiger partial charge is 0.464 e. The molecule has 3 rings (SSSR count). The summed E-state index contributed by atoms with van der Waals surface area (Å²) in [6, 6.07) is 12.2. The highest BCUT2D eigenvalue weighted by Gasteiger charge is 2.09. The van der Waals surface area contributed by atoms with Crippen LogP contribution in [0.25, 0.3) is 21.7 Å². The Bertz CT molecular complexity index is 761. The molecule has 2 amide bonds. The van der Waals surface area contributed by atoms with Gasteiger partial charge in [0, 0.05) is 19.0 Å². The number of nitrogens with one attached hydrogen (secondary N) is 2. The van der Waals surface area contributed by atoms with Crippen molar-refractivity contribution >= 4 is 27.8 Å². The van der Waals surface area contributed by atoms with Gasteiger partial charge in [0.15, 0.2) is 0 Å². The number of hydrogen-bond donors (Lipinski definition) is 2. The molecule has 0 saturated carbocycles. The minimum atomic E-state index is -0.165. The van der Waals surface area contributed by atoms with Gasteiger partial charge in [0.1, 0.15) is 5.58 Å². The van der Waals surface area contributed by atoms with Crippen LogP contribution in [0.2, 0.25) is 0 Å². The second-order valence-electron chi connectivity index (χ2n) is 4.68. The van der Waals surface area contributed by atoms with Gasteiger partial charge in [-0.25, -0.2) is 4.79 Å². The minimum Gasteiger partial charge on any atom is -0.464 e. The van der Waals surface area contributed by atoms with Crippen molar-refractivity contribution in [3.63, 3.8) is 0 Å². The smallest absolute Gasteiger partial charge is 0.314 e. The number of carbonyl (C=O) groups is 1. The van der Waals surface area contributed by atoms with Crippen molar-refractivity contribution in [1.29, 1.82) is 0 Å². The van der Waals surface area contributed by atoms with Crippen molar-refractivity contribution < 1.29 is 9.21 Å². The summed E-state index contributed by atoms with van der Waals surface area (Å²) in [5.74, 6) is 0. The van der Waals surface area contributed by atoms with Gasteiger partial charge in [0.05, 0.1) is 6.26 Å². The third-order valence-electron chi connectivity index (χ3n) is 3.44. The molecule has 0 radical (unpaired) electrons. The van der Waals surface area contributed by atoms with Crippen LogP contribution in [-0.4, -0.2) is 19.6 Å². The van der Waals surface area contributed by atoms with Gasteiger partial charge < -0.3 is 15.1 Å². The lowest BCUT2D eigenvalue weighted by Gasteiger charge is -2.07. The Morgan fingerprint density at radius 3 is 2.90 bits per heavy atom. The maximum atomic E-state index is 11.2. The highest BCUT2D eigenvalue weighted by atomic mass is 16.3. The fourth-order valence-electron chi connectivity index (χ4n) is 2.48. The zero-order valence-electron chi connectivity index (χ0n) is 11.3. The third kappa shape index (κ3) is 2.20. The Kier molecular flexibility index (Phi) is 3.29. The molecule has 20 heavy (non-hydrogen) atoms. The average molecular weight is 268 g/mol. The number of amides is 2. The van der Waals surface area contributed by atoms with E-state index in [1.807, 2.05) is 18.2 Å². The molecular weight excluding hydrogens is 252 g/mol. The van der Waals surface area contributed by atoms with Gasteiger partial charge in [-0.3, -0.25) is 0 Å². The van der Waals surface area contributed by atoms with Crippen LogP contribution in [0.1, 0.15) is 5.56 Å². The van der Waals surface area contributed by atoms with Gasteiger partial charge >= 0.3 is 6.03 Å². The van der Waals surface area contributed by atoms with E-state index in [2.05, 4.69) is 28.8 Å². The van der Waals surface area contributed by atoms with Crippen molar-refractivity contribution in [1.82, 2.24) is 10.6 Å². The second kappa shape index (κ2) is 5.25. The van der Waals surface area contributed by atoms with Crippen LogP contribution in [0.5, 0.6) is 0 Å². The van der Waals surface area contributed by atoms with E-state index in [0.717, 1.165) is 23.0 Å². The standard InChI is InChI=1S/C16H16N2O2/c1-17-16(19)18-8-6-12-10-11-4-2-3-5-13(11)14-7-9-20-15(12)14/h2-5,7,9-10H,6,8H2,1H3,(H2,17,18,19). The van der Waals surface area contributed by atoms with E-state index in [4.69, 9.17) is 4.42 Å². The lowest BCUT2D eigenvalue weighted by Crippen LogP contribution is -2.34. The molecule has 1 heterocycles. The molecule has 4 nitrogen and oxygen atoms in total. The molecule has 0 fully saturated rings. The predicted octanol–water partition coefficient (Wildman–Crippen LogP) is 3.06. The number of hydrogen-bond acceptors (Lipinski definition) is 2. The van der Waals surface area contributed by atoms with E-state index < -0.39 is 0 Å². The molecule has 0 unspecified atom stereocenters. The summed E-state index contributed by atoms with van der Waals surface area (Å²) in [5.41, 5.74) is 2.02. The molecule has 0 aliphatic heterocycles. The number of furan rings is 1. The Hall–Kier alpha value is -2.49. The molecule has 4 heteroatoms. The van der Waals surface area contributed by atoms with Crippen LogP contribution in [-0.2, 0) is 6.42 Å². The first kappa shape index (κ1) is 12.5. The van der Waals surface area contributed by atoms with E-state index in [1.54, 1.807) is 13.3 Å². The van der Waals surface area contributed by atoms with Crippen LogP contribution in [0, 0.1) is 0 Å². The summed E-state index contributed by atoms with van der Waals surface area (Å²) in [5, 5.41) is 8.84. The van der Waals surface area contributed by atoms with Crippen LogP contribution < -0.4 is 10.6 Å². The lowest BCUT2D eigenvalue weighted by molar-refractivity contribution is 0.243. The molecule has 3 aromatic rings. The Labute approximate surface area is 116 Å². The molecule has 1 aromatic heterocycles. The number of rotatable bonds is 3. The van der Waals surface area contributed by atoms with E-state index in [-0.39, 0.29) is 6.03 Å². The Balaban J connectivity index is 1.96. The zero-order chi connectivity index (χ0) is 13.9. The van der Waals surface area contributed by atoms with Gasteiger partial charge in [0.25, 0.3) is 0 Å². The maximum absolute atomic E-state index is 11.2. The molecule has 2 aromatic carbocycles. The topological polar surface area (TPSA) is 54.3 Å². The third-order valence-corrected chi connectivity index (χ3v) is 3.44. The first-order valence-electron chi connectivity index (χ1n) is 6.63. The Morgan fingerprint density at radius 2 is 2.05 bits per heavy atom. The molecule has 2 N–H and O–H groups in total. The van der Waals surface area contributed by atoms with Crippen LogP contribution in [0.3, 0.4) is 0 Å². The lowest BCUT2D eigenvalue weighted by atomic mass is 10.0. The Morgan fingerprint density at radius 1 is 1.20 bits per heavy atom. The minimum absolute atomic E-state index is 0.165. The summed E-state index contributed by atoms with van der Waals surface area (Å²) in [6.45, 7) is 0.577. The normalized spacial score (nSPS) is 10.8. The van der Waals surface area contributed by atoms with Crippen LogP contribution in [0.4, 0.5) is 4.79 Å². The number of carbonyl (C=O) groups excluding carboxylic acids is 1. The molecule has 0 bridgehead atoms. The summed E-state index contributed by atoms with van der Waals surface area (Å²) < 4.78 is 5.61. The fourth-order valence-corrected chi connectivity index (χ4v) is 2.48. The number of fused-ring (bicyclic) bond motifs is 3. The van der Waals surface area contributed by atoms with E-state index in [9.17, 15) is 4.79 Å². The van der Waals surface area contributed by atoms with Crippen LogP contribution in [0.15, 0.2) is 47.1 Å². The van der Waals surface area contributed by atoms with E-state index in [0.29, 0.717) is 6.54 Å². The van der Waals surface area contributed by atoms with Gasteiger partial charge in [-0.1, -0.05) is 24.3 Å². The molecular formula is C16H16N2O2. The fraction of sp³-hybridized carbons (Fsp3) is 0.188. The molecule has 0 saturated heterocycles. The molecule has 102 valence electrons. The highest BCUT2D eigenvalue weighted by Crippen LogP contribution is 2.29. The van der Waals surface area contributed by atoms with Crippen molar-refractivity contribution in [3.8, 4) is 0 Å². The molecule has 0 aliphatic carbocycles. The van der Waals surface area contributed by atoms with Gasteiger partial charge in [0.2, 0.25) is 0 Å². The zero-order valence-corrected chi connectivity index (χ0v) is 11.3. The van der Waals surface area contributed by atoms with Crippen LogP contribution >= 0.6 is 0 Å². The van der Waals surface area contributed by atoms with Crippen molar-refractivity contribution in [2.24, 2.45) is 0 Å². The maximum Gasteiger partial charge on any atom is 0.314 e. The predicted molar refractivity (Wildman–Crippen MR) is 79.9 cm³/mol. The first-order chi connectivity index (χ1) is 9.79. The van der Waals surface area contributed by atoms with Gasteiger partial charge in [-0.15, -0.1) is 0 Å². The highest BCUT2D eigenvalue weighted by molar-refractivity contribution is 6.07. The SMILES string of the molecule is CNC(=O)NCCc1cc2ccccc2c2ccoc12. The van der Waals surface area contributed by atoms with Gasteiger partial charge in [-0.2, -0.15) is 0 Å². The second-order valence-corrected chi connectivity index (χ2v) is 4.68. The van der Waals surface area contributed by atoms with Crippen molar-refractivity contribution in [2.75, 3.05) is 13.6 Å². The molecule has 0 atom stereocenters. The molecule has 0 spiro atoms.